The van der Waals surface area contributed by atoms with Crippen molar-refractivity contribution in [2.45, 2.75) is 36.3 Å². The molecule has 0 amide bonds. The second-order valence-corrected chi connectivity index (χ2v) is 5.50. The Balaban J connectivity index is 1.70. The molecular formula is C12H14FN5S. The summed E-state index contributed by atoms with van der Waals surface area (Å²) in [6.07, 6.45) is 2.29. The number of benzene rings is 1. The molecular weight excluding hydrogens is 265 g/mol. The molecule has 1 saturated carbocycles. The summed E-state index contributed by atoms with van der Waals surface area (Å²) < 4.78 is 15.2. The van der Waals surface area contributed by atoms with Crippen LogP contribution in [0.2, 0.25) is 0 Å². The molecule has 0 atom stereocenters. The molecule has 2 N–H and O–H groups in total. The third-order valence-electron chi connectivity index (χ3n) is 3.05. The molecule has 1 heterocycles. The summed E-state index contributed by atoms with van der Waals surface area (Å²) in [4.78, 5) is 0. The molecule has 1 aliphatic carbocycles. The molecule has 1 aliphatic rings. The van der Waals surface area contributed by atoms with E-state index in [1.54, 1.807) is 23.9 Å². The molecule has 0 spiro atoms. The van der Waals surface area contributed by atoms with E-state index in [4.69, 9.17) is 5.73 Å². The number of hydrogen-bond acceptors (Lipinski definition) is 5. The molecule has 5 nitrogen and oxygen atoms in total. The Morgan fingerprint density at radius 3 is 3.00 bits per heavy atom. The van der Waals surface area contributed by atoms with E-state index < -0.39 is 0 Å². The van der Waals surface area contributed by atoms with E-state index in [1.165, 1.54) is 6.07 Å². The number of aromatic nitrogens is 4. The molecule has 0 saturated heterocycles. The largest absolute Gasteiger partial charge is 0.326 e. The average Bonchev–Trinajstić information content (AvgIpc) is 3.17. The van der Waals surface area contributed by atoms with Crippen LogP contribution in [0.15, 0.2) is 23.4 Å². The van der Waals surface area contributed by atoms with Crippen molar-refractivity contribution in [2.24, 2.45) is 5.73 Å². The topological polar surface area (TPSA) is 69.6 Å². The third-order valence-corrected chi connectivity index (χ3v) is 4.06. The Bertz CT molecular complexity index is 581. The highest BCUT2D eigenvalue weighted by Crippen LogP contribution is 2.36. The van der Waals surface area contributed by atoms with Gasteiger partial charge in [-0.15, -0.1) is 5.10 Å². The van der Waals surface area contributed by atoms with Gasteiger partial charge in [0, 0.05) is 17.9 Å². The molecule has 3 rings (SSSR count). The molecule has 7 heteroatoms. The van der Waals surface area contributed by atoms with Gasteiger partial charge in [0.05, 0.1) is 6.04 Å². The Labute approximate surface area is 114 Å². The number of hydrogen-bond donors (Lipinski definition) is 1. The van der Waals surface area contributed by atoms with E-state index in [-0.39, 0.29) is 12.4 Å². The Morgan fingerprint density at radius 2 is 2.26 bits per heavy atom. The van der Waals surface area contributed by atoms with E-state index in [9.17, 15) is 4.39 Å². The molecule has 1 aromatic heterocycles. The lowest BCUT2D eigenvalue weighted by Gasteiger charge is -2.05. The van der Waals surface area contributed by atoms with Gasteiger partial charge in [0.25, 0.3) is 0 Å². The lowest BCUT2D eigenvalue weighted by molar-refractivity contribution is 0.565. The van der Waals surface area contributed by atoms with Gasteiger partial charge in [-0.1, -0.05) is 23.9 Å². The van der Waals surface area contributed by atoms with Gasteiger partial charge >= 0.3 is 0 Å². The van der Waals surface area contributed by atoms with Crippen LogP contribution in [0.3, 0.4) is 0 Å². The molecule has 1 fully saturated rings. The smallest absolute Gasteiger partial charge is 0.209 e. The Hall–Kier alpha value is -1.47. The molecule has 19 heavy (non-hydrogen) atoms. The highest BCUT2D eigenvalue weighted by atomic mass is 32.2. The maximum absolute atomic E-state index is 13.3. The van der Waals surface area contributed by atoms with Crippen LogP contribution in [-0.4, -0.2) is 20.2 Å². The first-order valence-electron chi connectivity index (χ1n) is 6.16. The van der Waals surface area contributed by atoms with Gasteiger partial charge in [-0.2, -0.15) is 0 Å². The zero-order valence-corrected chi connectivity index (χ0v) is 11.1. The van der Waals surface area contributed by atoms with Gasteiger partial charge in [0.1, 0.15) is 5.82 Å². The van der Waals surface area contributed by atoms with Gasteiger partial charge in [0.2, 0.25) is 5.16 Å². The highest BCUT2D eigenvalue weighted by Gasteiger charge is 2.27. The van der Waals surface area contributed by atoms with Crippen molar-refractivity contribution < 1.29 is 4.39 Å². The van der Waals surface area contributed by atoms with E-state index in [0.717, 1.165) is 23.6 Å². The van der Waals surface area contributed by atoms with Crippen molar-refractivity contribution in [3.8, 4) is 0 Å². The van der Waals surface area contributed by atoms with Gasteiger partial charge in [-0.3, -0.25) is 0 Å². The normalized spacial score (nSPS) is 14.8. The third kappa shape index (κ3) is 2.76. The quantitative estimate of drug-likeness (QED) is 0.846. The Morgan fingerprint density at radius 1 is 1.42 bits per heavy atom. The summed E-state index contributed by atoms with van der Waals surface area (Å²) in [7, 11) is 0. The molecule has 1 aromatic carbocycles. The molecule has 100 valence electrons. The van der Waals surface area contributed by atoms with E-state index in [2.05, 4.69) is 15.5 Å². The first kappa shape index (κ1) is 12.6. The fourth-order valence-electron chi connectivity index (χ4n) is 1.85. The average molecular weight is 279 g/mol. The number of nitrogens with two attached hydrogens (primary N) is 1. The van der Waals surface area contributed by atoms with Crippen LogP contribution in [0.25, 0.3) is 0 Å². The summed E-state index contributed by atoms with van der Waals surface area (Å²) in [5.41, 5.74) is 7.07. The number of rotatable bonds is 5. The standard InChI is InChI=1S/C12H14FN5S/c13-11-4-1-8(5-9(11)6-14)7-19-12-15-16-17-18(12)10-2-3-10/h1,4-5,10H,2-3,6-7,14H2. The number of thioether (sulfide) groups is 1. The second-order valence-electron chi connectivity index (χ2n) is 4.56. The maximum atomic E-state index is 13.3. The zero-order valence-electron chi connectivity index (χ0n) is 10.3. The molecule has 0 unspecified atom stereocenters. The molecule has 0 bridgehead atoms. The van der Waals surface area contributed by atoms with Crippen LogP contribution in [-0.2, 0) is 12.3 Å². The van der Waals surface area contributed by atoms with Gasteiger partial charge < -0.3 is 5.73 Å². The summed E-state index contributed by atoms with van der Waals surface area (Å²) in [5, 5.41) is 12.5. The van der Waals surface area contributed by atoms with E-state index in [1.807, 2.05) is 4.68 Å². The number of tetrazole rings is 1. The summed E-state index contributed by atoms with van der Waals surface area (Å²) in [6, 6.07) is 5.49. The van der Waals surface area contributed by atoms with Crippen molar-refractivity contribution in [3.05, 3.63) is 35.1 Å². The van der Waals surface area contributed by atoms with Crippen molar-refractivity contribution in [1.29, 1.82) is 0 Å². The lowest BCUT2D eigenvalue weighted by atomic mass is 10.1. The summed E-state index contributed by atoms with van der Waals surface area (Å²) in [6.45, 7) is 0.212. The van der Waals surface area contributed by atoms with Crippen LogP contribution in [0.1, 0.15) is 30.0 Å². The van der Waals surface area contributed by atoms with Crippen LogP contribution >= 0.6 is 11.8 Å². The van der Waals surface area contributed by atoms with Crippen molar-refractivity contribution >= 4 is 11.8 Å². The van der Waals surface area contributed by atoms with Crippen molar-refractivity contribution in [3.63, 3.8) is 0 Å². The summed E-state index contributed by atoms with van der Waals surface area (Å²) in [5.74, 6) is 0.458. The minimum absolute atomic E-state index is 0.212. The van der Waals surface area contributed by atoms with Crippen LogP contribution < -0.4 is 5.73 Å². The zero-order chi connectivity index (χ0) is 13.2. The molecule has 0 aliphatic heterocycles. The van der Waals surface area contributed by atoms with Crippen molar-refractivity contribution in [1.82, 2.24) is 20.2 Å². The van der Waals surface area contributed by atoms with Gasteiger partial charge in [-0.25, -0.2) is 9.07 Å². The maximum Gasteiger partial charge on any atom is 0.209 e. The van der Waals surface area contributed by atoms with Crippen LogP contribution in [0, 0.1) is 5.82 Å². The van der Waals surface area contributed by atoms with Crippen LogP contribution in [0.4, 0.5) is 4.39 Å². The monoisotopic (exact) mass is 279 g/mol. The Kier molecular flexibility index (Phi) is 3.48. The highest BCUT2D eigenvalue weighted by molar-refractivity contribution is 7.98. The first-order valence-corrected chi connectivity index (χ1v) is 7.14. The fourth-order valence-corrected chi connectivity index (χ4v) is 2.74. The predicted octanol–water partition coefficient (Wildman–Crippen LogP) is 1.90. The van der Waals surface area contributed by atoms with E-state index >= 15 is 0 Å². The second kappa shape index (κ2) is 5.26. The van der Waals surface area contributed by atoms with E-state index in [0.29, 0.717) is 17.4 Å². The van der Waals surface area contributed by atoms with Crippen molar-refractivity contribution in [2.75, 3.05) is 0 Å². The molecule has 2 aromatic rings. The molecule has 0 radical (unpaired) electrons. The van der Waals surface area contributed by atoms with Gasteiger partial charge in [0.15, 0.2) is 0 Å². The van der Waals surface area contributed by atoms with Crippen LogP contribution in [0.5, 0.6) is 0 Å². The number of halogens is 1. The SMILES string of the molecule is NCc1cc(CSc2nnnn2C2CC2)ccc1F. The predicted molar refractivity (Wildman–Crippen MR) is 69.9 cm³/mol. The minimum atomic E-state index is -0.251. The number of nitrogens with zero attached hydrogens (tertiary/aromatic N) is 4. The first-order chi connectivity index (χ1) is 9.28. The fraction of sp³-hybridized carbons (Fsp3) is 0.417. The minimum Gasteiger partial charge on any atom is -0.326 e. The summed E-state index contributed by atoms with van der Waals surface area (Å²) >= 11 is 1.56. The lowest BCUT2D eigenvalue weighted by Crippen LogP contribution is -2.01. The van der Waals surface area contributed by atoms with Gasteiger partial charge in [-0.05, 0) is 34.9 Å².